The van der Waals surface area contributed by atoms with Crippen LogP contribution >= 0.6 is 0 Å². The third kappa shape index (κ3) is 3.95. The van der Waals surface area contributed by atoms with Crippen molar-refractivity contribution in [2.75, 3.05) is 4.90 Å². The van der Waals surface area contributed by atoms with E-state index in [1.807, 2.05) is 6.07 Å². The molecule has 2 heteroatoms. The van der Waals surface area contributed by atoms with Crippen molar-refractivity contribution >= 4 is 60.5 Å². The van der Waals surface area contributed by atoms with E-state index in [4.69, 9.17) is 4.42 Å². The standard InChI is InChI=1S/C50H37NO/c1-49(2)42-23-19-30-12-8-9-15-36(30)48(42)41-25-31-18-20-34(24-32(31)26-43(41)49)51(33-13-6-5-7-14-33)35-21-22-37-39-29-47-40(38-16-10-11-17-46(38)52-47)28-45(39)50(3,4)44(37)27-35/h5-29H,1-4H3. The molecule has 0 fully saturated rings. The van der Waals surface area contributed by atoms with E-state index in [0.29, 0.717) is 0 Å². The number of para-hydroxylation sites is 2. The van der Waals surface area contributed by atoms with Gasteiger partial charge in [-0.15, -0.1) is 0 Å². The molecule has 1 heterocycles. The van der Waals surface area contributed by atoms with Gasteiger partial charge in [-0.25, -0.2) is 0 Å². The molecule has 1 aromatic heterocycles. The minimum atomic E-state index is -0.176. The summed E-state index contributed by atoms with van der Waals surface area (Å²) >= 11 is 0. The number of nitrogens with zero attached hydrogens (tertiary/aromatic N) is 1. The maximum absolute atomic E-state index is 6.34. The number of benzene rings is 8. The van der Waals surface area contributed by atoms with Gasteiger partial charge < -0.3 is 9.32 Å². The maximum atomic E-state index is 6.34. The fourth-order valence-electron chi connectivity index (χ4n) is 9.48. The zero-order valence-electron chi connectivity index (χ0n) is 29.8. The van der Waals surface area contributed by atoms with Crippen LogP contribution in [0.5, 0.6) is 0 Å². The van der Waals surface area contributed by atoms with Gasteiger partial charge in [-0.1, -0.05) is 113 Å². The van der Waals surface area contributed by atoms with Crippen molar-refractivity contribution in [3.05, 3.63) is 174 Å². The number of furan rings is 1. The van der Waals surface area contributed by atoms with E-state index in [1.165, 1.54) is 76.8 Å². The van der Waals surface area contributed by atoms with E-state index in [2.05, 4.69) is 178 Å². The minimum absolute atomic E-state index is 0.0914. The van der Waals surface area contributed by atoms with E-state index in [-0.39, 0.29) is 10.8 Å². The lowest BCUT2D eigenvalue weighted by Gasteiger charge is -2.28. The molecule has 0 atom stereocenters. The van der Waals surface area contributed by atoms with Gasteiger partial charge in [0.1, 0.15) is 11.2 Å². The van der Waals surface area contributed by atoms with Crippen LogP contribution in [0.15, 0.2) is 156 Å². The van der Waals surface area contributed by atoms with Gasteiger partial charge in [-0.2, -0.15) is 0 Å². The predicted molar refractivity (Wildman–Crippen MR) is 219 cm³/mol. The Balaban J connectivity index is 1.06. The Kier molecular flexibility index (Phi) is 5.83. The summed E-state index contributed by atoms with van der Waals surface area (Å²) in [4.78, 5) is 2.42. The molecule has 2 nitrogen and oxygen atoms in total. The van der Waals surface area contributed by atoms with Gasteiger partial charge in [0.2, 0.25) is 0 Å². The molecule has 2 aliphatic rings. The maximum Gasteiger partial charge on any atom is 0.136 e. The summed E-state index contributed by atoms with van der Waals surface area (Å²) in [5.74, 6) is 0. The highest BCUT2D eigenvalue weighted by Crippen LogP contribution is 2.54. The summed E-state index contributed by atoms with van der Waals surface area (Å²) in [5, 5.41) is 7.50. The molecular weight excluding hydrogens is 631 g/mol. The second-order valence-electron chi connectivity index (χ2n) is 15.8. The highest BCUT2D eigenvalue weighted by Gasteiger charge is 2.38. The van der Waals surface area contributed by atoms with Gasteiger partial charge >= 0.3 is 0 Å². The van der Waals surface area contributed by atoms with Crippen LogP contribution in [0, 0.1) is 0 Å². The smallest absolute Gasteiger partial charge is 0.136 e. The Morgan fingerprint density at radius 1 is 0.385 bits per heavy atom. The molecule has 0 spiro atoms. The molecule has 8 aromatic carbocycles. The van der Waals surface area contributed by atoms with Crippen LogP contribution in [0.3, 0.4) is 0 Å². The highest BCUT2D eigenvalue weighted by atomic mass is 16.3. The van der Waals surface area contributed by atoms with Crippen LogP contribution in [0.1, 0.15) is 49.9 Å². The molecule has 0 unspecified atom stereocenters. The summed E-state index contributed by atoms with van der Waals surface area (Å²) in [6.45, 7) is 9.48. The number of anilines is 3. The van der Waals surface area contributed by atoms with Crippen LogP contribution in [0.25, 0.3) is 65.7 Å². The van der Waals surface area contributed by atoms with Crippen molar-refractivity contribution in [3.63, 3.8) is 0 Å². The van der Waals surface area contributed by atoms with Crippen molar-refractivity contribution in [3.8, 4) is 22.3 Å². The third-order valence-corrected chi connectivity index (χ3v) is 12.2. The average molecular weight is 668 g/mol. The molecule has 0 bridgehead atoms. The molecule has 11 rings (SSSR count). The molecule has 0 radical (unpaired) electrons. The fraction of sp³-hybridized carbons (Fsp3) is 0.120. The lowest BCUT2D eigenvalue weighted by atomic mass is 9.81. The van der Waals surface area contributed by atoms with E-state index in [9.17, 15) is 0 Å². The second-order valence-corrected chi connectivity index (χ2v) is 15.8. The van der Waals surface area contributed by atoms with Gasteiger partial charge in [0, 0.05) is 38.7 Å². The summed E-state index contributed by atoms with van der Waals surface area (Å²) in [5.41, 5.74) is 15.8. The lowest BCUT2D eigenvalue weighted by Crippen LogP contribution is -2.16. The normalized spacial score (nSPS) is 14.8. The van der Waals surface area contributed by atoms with Crippen molar-refractivity contribution in [2.24, 2.45) is 0 Å². The van der Waals surface area contributed by atoms with Crippen molar-refractivity contribution in [1.82, 2.24) is 0 Å². The molecule has 248 valence electrons. The first-order chi connectivity index (χ1) is 25.3. The molecule has 9 aromatic rings. The summed E-state index contributed by atoms with van der Waals surface area (Å²) in [6.07, 6.45) is 0. The molecule has 0 saturated carbocycles. The predicted octanol–water partition coefficient (Wildman–Crippen LogP) is 14.0. The SMILES string of the molecule is CC1(C)c2cc(N(c3ccccc3)c3ccc4cc5c(cc4c3)C(C)(C)c3ccc4ccccc4c3-5)ccc2-c2cc3oc4ccccc4c3cc21. The van der Waals surface area contributed by atoms with Gasteiger partial charge in [-0.3, -0.25) is 0 Å². The Morgan fingerprint density at radius 2 is 1.06 bits per heavy atom. The van der Waals surface area contributed by atoms with Gasteiger partial charge in [-0.05, 0) is 133 Å². The van der Waals surface area contributed by atoms with Crippen LogP contribution < -0.4 is 4.90 Å². The Hall–Kier alpha value is -6.12. The molecule has 0 N–H and O–H groups in total. The van der Waals surface area contributed by atoms with Crippen molar-refractivity contribution in [2.45, 2.75) is 38.5 Å². The zero-order chi connectivity index (χ0) is 34.9. The largest absolute Gasteiger partial charge is 0.456 e. The highest BCUT2D eigenvalue weighted by molar-refractivity contribution is 6.08. The van der Waals surface area contributed by atoms with Gasteiger partial charge in [0.15, 0.2) is 0 Å². The zero-order valence-corrected chi connectivity index (χ0v) is 29.8. The van der Waals surface area contributed by atoms with Crippen LogP contribution in [-0.4, -0.2) is 0 Å². The molecule has 0 saturated heterocycles. The van der Waals surface area contributed by atoms with Gasteiger partial charge in [0.25, 0.3) is 0 Å². The first kappa shape index (κ1) is 29.6. The Morgan fingerprint density at radius 3 is 1.92 bits per heavy atom. The average Bonchev–Trinajstić information content (AvgIpc) is 3.72. The topological polar surface area (TPSA) is 16.4 Å². The number of fused-ring (bicyclic) bond motifs is 12. The number of hydrogen-bond donors (Lipinski definition) is 0. The van der Waals surface area contributed by atoms with E-state index in [1.54, 1.807) is 0 Å². The van der Waals surface area contributed by atoms with Gasteiger partial charge in [0.05, 0.1) is 0 Å². The summed E-state index contributed by atoms with van der Waals surface area (Å²) in [7, 11) is 0. The first-order valence-corrected chi connectivity index (χ1v) is 18.3. The molecule has 2 aliphatic carbocycles. The monoisotopic (exact) mass is 667 g/mol. The summed E-state index contributed by atoms with van der Waals surface area (Å²) < 4.78 is 6.34. The third-order valence-electron chi connectivity index (χ3n) is 12.2. The molecule has 0 amide bonds. The second kappa shape index (κ2) is 10.2. The van der Waals surface area contributed by atoms with Crippen LogP contribution in [0.2, 0.25) is 0 Å². The molecule has 52 heavy (non-hydrogen) atoms. The van der Waals surface area contributed by atoms with Crippen molar-refractivity contribution < 1.29 is 4.42 Å². The van der Waals surface area contributed by atoms with E-state index >= 15 is 0 Å². The number of hydrogen-bond acceptors (Lipinski definition) is 2. The molecular formula is C50H37NO. The minimum Gasteiger partial charge on any atom is -0.456 e. The first-order valence-electron chi connectivity index (χ1n) is 18.3. The van der Waals surface area contributed by atoms with E-state index in [0.717, 1.165) is 28.2 Å². The summed E-state index contributed by atoms with van der Waals surface area (Å²) in [6, 6.07) is 56.1. The fourth-order valence-corrected chi connectivity index (χ4v) is 9.48. The molecule has 0 aliphatic heterocycles. The quantitative estimate of drug-likeness (QED) is 0.186. The van der Waals surface area contributed by atoms with Crippen molar-refractivity contribution in [1.29, 1.82) is 0 Å². The van der Waals surface area contributed by atoms with E-state index < -0.39 is 0 Å². The Bertz CT molecular complexity index is 2960. The van der Waals surface area contributed by atoms with Crippen LogP contribution in [-0.2, 0) is 10.8 Å². The Labute approximate surface area is 303 Å². The van der Waals surface area contributed by atoms with Crippen LogP contribution in [0.4, 0.5) is 17.1 Å². The lowest BCUT2D eigenvalue weighted by molar-refractivity contribution is 0.658. The number of rotatable bonds is 3.